The highest BCUT2D eigenvalue weighted by Crippen LogP contribution is 2.53. The highest BCUT2D eigenvalue weighted by atomic mass is 14.7. The smallest absolute Gasteiger partial charge is 0.0101 e. The van der Waals surface area contributed by atoms with Gasteiger partial charge in [0, 0.05) is 6.04 Å². The molecule has 4 aliphatic carbocycles. The highest BCUT2D eigenvalue weighted by molar-refractivity contribution is 5.08. The SMILES string of the molecule is NC1C2CCCCC2C(/C=C/C2CCCCC2)C2CCCCC12. The van der Waals surface area contributed by atoms with Gasteiger partial charge in [0.25, 0.3) is 0 Å². The molecular formula is C22H37N. The number of allylic oxidation sites excluding steroid dienone is 2. The molecule has 0 aromatic heterocycles. The largest absolute Gasteiger partial charge is 0.327 e. The first-order chi connectivity index (χ1) is 11.3. The van der Waals surface area contributed by atoms with E-state index in [4.69, 9.17) is 5.73 Å². The van der Waals surface area contributed by atoms with Crippen LogP contribution in [0.4, 0.5) is 0 Å². The van der Waals surface area contributed by atoms with Crippen molar-refractivity contribution < 1.29 is 0 Å². The zero-order valence-electron chi connectivity index (χ0n) is 15.0. The molecule has 4 unspecified atom stereocenters. The Kier molecular flexibility index (Phi) is 5.13. The van der Waals surface area contributed by atoms with E-state index in [9.17, 15) is 0 Å². The summed E-state index contributed by atoms with van der Waals surface area (Å²) in [6.07, 6.45) is 24.2. The highest BCUT2D eigenvalue weighted by Gasteiger charge is 2.48. The summed E-state index contributed by atoms with van der Waals surface area (Å²) < 4.78 is 0. The fourth-order valence-electron chi connectivity index (χ4n) is 6.82. The van der Waals surface area contributed by atoms with Gasteiger partial charge in [0.2, 0.25) is 0 Å². The average Bonchev–Trinajstić information content (AvgIpc) is 2.63. The Balaban J connectivity index is 1.54. The molecule has 0 aliphatic heterocycles. The molecule has 0 aromatic rings. The maximum absolute atomic E-state index is 6.82. The first kappa shape index (κ1) is 16.2. The minimum atomic E-state index is 0.518. The van der Waals surface area contributed by atoms with E-state index in [1.54, 1.807) is 0 Å². The Morgan fingerprint density at radius 2 is 1.00 bits per heavy atom. The molecule has 0 aromatic carbocycles. The Morgan fingerprint density at radius 1 is 0.522 bits per heavy atom. The number of hydrogen-bond acceptors (Lipinski definition) is 1. The molecule has 4 fully saturated rings. The van der Waals surface area contributed by atoms with Gasteiger partial charge in [0.05, 0.1) is 0 Å². The van der Waals surface area contributed by atoms with Crippen LogP contribution in [0.25, 0.3) is 0 Å². The van der Waals surface area contributed by atoms with Crippen LogP contribution in [0, 0.1) is 35.5 Å². The van der Waals surface area contributed by atoms with Crippen LogP contribution < -0.4 is 5.73 Å². The lowest BCUT2D eigenvalue weighted by atomic mass is 9.53. The van der Waals surface area contributed by atoms with Crippen molar-refractivity contribution in [1.29, 1.82) is 0 Å². The number of fused-ring (bicyclic) bond motifs is 2. The van der Waals surface area contributed by atoms with E-state index in [0.717, 1.165) is 35.5 Å². The molecule has 23 heavy (non-hydrogen) atoms. The van der Waals surface area contributed by atoms with Crippen molar-refractivity contribution in [2.24, 2.45) is 41.2 Å². The lowest BCUT2D eigenvalue weighted by Gasteiger charge is -2.54. The van der Waals surface area contributed by atoms with Crippen LogP contribution >= 0.6 is 0 Å². The third kappa shape index (κ3) is 3.28. The minimum Gasteiger partial charge on any atom is -0.327 e. The first-order valence-electron chi connectivity index (χ1n) is 10.8. The second kappa shape index (κ2) is 7.30. The lowest BCUT2D eigenvalue weighted by molar-refractivity contribution is -0.00767. The van der Waals surface area contributed by atoms with E-state index >= 15 is 0 Å². The topological polar surface area (TPSA) is 26.0 Å². The summed E-state index contributed by atoms with van der Waals surface area (Å²) in [5.74, 6) is 5.26. The van der Waals surface area contributed by atoms with Crippen LogP contribution in [0.15, 0.2) is 12.2 Å². The third-order valence-electron chi connectivity index (χ3n) is 7.98. The molecule has 0 heterocycles. The van der Waals surface area contributed by atoms with Gasteiger partial charge in [0.15, 0.2) is 0 Å². The van der Waals surface area contributed by atoms with E-state index in [0.29, 0.717) is 6.04 Å². The minimum absolute atomic E-state index is 0.518. The van der Waals surface area contributed by atoms with Crippen molar-refractivity contribution in [1.82, 2.24) is 0 Å². The van der Waals surface area contributed by atoms with E-state index in [1.807, 2.05) is 0 Å². The maximum Gasteiger partial charge on any atom is 0.0101 e. The quantitative estimate of drug-likeness (QED) is 0.651. The van der Waals surface area contributed by atoms with Gasteiger partial charge in [-0.1, -0.05) is 57.1 Å². The van der Waals surface area contributed by atoms with Crippen LogP contribution in [0.2, 0.25) is 0 Å². The van der Waals surface area contributed by atoms with Crippen molar-refractivity contribution in [3.05, 3.63) is 12.2 Å². The van der Waals surface area contributed by atoms with Crippen LogP contribution in [0.3, 0.4) is 0 Å². The standard InChI is InChI=1S/C22H37N/c23-22-20-12-6-4-10-17(20)19(18-11-5-7-13-21(18)22)15-14-16-8-2-1-3-9-16/h14-22H,1-13,23H2/b15-14+. The van der Waals surface area contributed by atoms with Crippen molar-refractivity contribution in [2.45, 2.75) is 89.5 Å². The zero-order chi connectivity index (χ0) is 15.6. The molecule has 1 heteroatoms. The molecule has 4 atom stereocenters. The van der Waals surface area contributed by atoms with E-state index in [1.165, 1.54) is 83.5 Å². The van der Waals surface area contributed by atoms with Gasteiger partial charge in [-0.05, 0) is 74.0 Å². The molecule has 1 nitrogen and oxygen atoms in total. The molecule has 4 saturated carbocycles. The molecular weight excluding hydrogens is 278 g/mol. The summed E-state index contributed by atoms with van der Waals surface area (Å²) in [7, 11) is 0. The van der Waals surface area contributed by atoms with E-state index < -0.39 is 0 Å². The molecule has 0 amide bonds. The van der Waals surface area contributed by atoms with Crippen molar-refractivity contribution in [3.63, 3.8) is 0 Å². The van der Waals surface area contributed by atoms with Crippen molar-refractivity contribution >= 4 is 0 Å². The number of nitrogens with two attached hydrogens (primary N) is 1. The van der Waals surface area contributed by atoms with Gasteiger partial charge in [-0.3, -0.25) is 0 Å². The van der Waals surface area contributed by atoms with Crippen LogP contribution in [-0.4, -0.2) is 6.04 Å². The lowest BCUT2D eigenvalue weighted by Crippen LogP contribution is -2.54. The van der Waals surface area contributed by atoms with Gasteiger partial charge in [-0.25, -0.2) is 0 Å². The van der Waals surface area contributed by atoms with Gasteiger partial charge in [-0.15, -0.1) is 0 Å². The average molecular weight is 316 g/mol. The third-order valence-corrected chi connectivity index (χ3v) is 7.98. The molecule has 130 valence electrons. The summed E-state index contributed by atoms with van der Waals surface area (Å²) in [6, 6.07) is 0.518. The normalized spacial score (nSPS) is 45.6. The van der Waals surface area contributed by atoms with Crippen LogP contribution in [-0.2, 0) is 0 Å². The van der Waals surface area contributed by atoms with Crippen LogP contribution in [0.1, 0.15) is 83.5 Å². The second-order valence-electron chi connectivity index (χ2n) is 9.16. The fourth-order valence-corrected chi connectivity index (χ4v) is 6.82. The molecule has 0 radical (unpaired) electrons. The maximum atomic E-state index is 6.82. The van der Waals surface area contributed by atoms with Gasteiger partial charge < -0.3 is 5.73 Å². The zero-order valence-corrected chi connectivity index (χ0v) is 15.0. The molecule has 2 N–H and O–H groups in total. The second-order valence-corrected chi connectivity index (χ2v) is 9.16. The summed E-state index contributed by atoms with van der Waals surface area (Å²) in [5.41, 5.74) is 6.82. The van der Waals surface area contributed by atoms with E-state index in [2.05, 4.69) is 12.2 Å². The fraction of sp³-hybridized carbons (Fsp3) is 0.909. The molecule has 4 rings (SSSR count). The summed E-state index contributed by atoms with van der Waals surface area (Å²) in [5, 5.41) is 0. The number of hydrogen-bond donors (Lipinski definition) is 1. The van der Waals surface area contributed by atoms with Gasteiger partial charge in [0.1, 0.15) is 0 Å². The Labute approximate surface area is 143 Å². The summed E-state index contributed by atoms with van der Waals surface area (Å²) >= 11 is 0. The predicted octanol–water partition coefficient (Wildman–Crippen LogP) is 5.69. The Hall–Kier alpha value is -0.300. The predicted molar refractivity (Wildman–Crippen MR) is 98.1 cm³/mol. The van der Waals surface area contributed by atoms with E-state index in [-0.39, 0.29) is 0 Å². The first-order valence-corrected chi connectivity index (χ1v) is 10.8. The van der Waals surface area contributed by atoms with Crippen molar-refractivity contribution in [2.75, 3.05) is 0 Å². The molecule has 0 bridgehead atoms. The summed E-state index contributed by atoms with van der Waals surface area (Å²) in [6.45, 7) is 0. The monoisotopic (exact) mass is 315 g/mol. The number of rotatable bonds is 2. The molecule has 0 saturated heterocycles. The molecule has 4 aliphatic rings. The Morgan fingerprint density at radius 3 is 1.57 bits per heavy atom. The van der Waals surface area contributed by atoms with Crippen LogP contribution in [0.5, 0.6) is 0 Å². The van der Waals surface area contributed by atoms with Crippen molar-refractivity contribution in [3.8, 4) is 0 Å². The van der Waals surface area contributed by atoms with Gasteiger partial charge >= 0.3 is 0 Å². The Bertz CT molecular complexity index is 384. The summed E-state index contributed by atoms with van der Waals surface area (Å²) in [4.78, 5) is 0. The van der Waals surface area contributed by atoms with Gasteiger partial charge in [-0.2, -0.15) is 0 Å². The molecule has 0 spiro atoms.